The largest absolute Gasteiger partial charge is 0.458 e. The van der Waals surface area contributed by atoms with Crippen LogP contribution in [0.1, 0.15) is 150 Å². The summed E-state index contributed by atoms with van der Waals surface area (Å²) in [6.07, 6.45) is -6.08. The molecular weight excluding hydrogens is 1020 g/mol. The number of aliphatic hydroxyl groups excluding tert-OH is 1. The first-order chi connectivity index (χ1) is 35.9. The molecule has 0 bridgehead atoms. The lowest BCUT2D eigenvalue weighted by Gasteiger charge is -2.47. The number of hydrogen-bond acceptors (Lipinski definition) is 16. The molecule has 8 atom stereocenters. The first-order valence-corrected chi connectivity index (χ1v) is 29.5. The van der Waals surface area contributed by atoms with Crippen molar-refractivity contribution < 1.29 is 76.2 Å². The van der Waals surface area contributed by atoms with E-state index in [1.165, 1.54) is 0 Å². The Bertz CT molecular complexity index is 2170. The van der Waals surface area contributed by atoms with Crippen molar-refractivity contribution in [3.05, 3.63) is 71.8 Å². The third-order valence-electron chi connectivity index (χ3n) is 13.0. The predicted octanol–water partition coefficient (Wildman–Crippen LogP) is 11.6. The molecule has 0 saturated carbocycles. The van der Waals surface area contributed by atoms with E-state index in [1.807, 2.05) is 55.5 Å². The fourth-order valence-electron chi connectivity index (χ4n) is 9.71. The van der Waals surface area contributed by atoms with Crippen molar-refractivity contribution in [1.82, 2.24) is 9.80 Å². The van der Waals surface area contributed by atoms with Crippen molar-refractivity contribution in [2.45, 2.75) is 227 Å². The maximum Gasteiger partial charge on any atom is 0.420 e. The van der Waals surface area contributed by atoms with Crippen LogP contribution >= 0.6 is 0 Å². The molecule has 4 amide bonds. The Morgan fingerprint density at radius 2 is 0.833 bits per heavy atom. The van der Waals surface area contributed by atoms with Crippen LogP contribution in [0.15, 0.2) is 60.7 Å². The van der Waals surface area contributed by atoms with Crippen molar-refractivity contribution in [3.63, 3.8) is 0 Å². The van der Waals surface area contributed by atoms with Gasteiger partial charge in [0.15, 0.2) is 12.1 Å². The van der Waals surface area contributed by atoms with Gasteiger partial charge in [0.25, 0.3) is 0 Å². The van der Waals surface area contributed by atoms with Crippen molar-refractivity contribution in [2.24, 2.45) is 11.8 Å². The van der Waals surface area contributed by atoms with Crippen LogP contribution in [0.25, 0.3) is 0 Å². The quantitative estimate of drug-likeness (QED) is 0.126. The lowest BCUT2D eigenvalue weighted by molar-refractivity contribution is -0.161. The van der Waals surface area contributed by atoms with Crippen molar-refractivity contribution in [2.75, 3.05) is 26.4 Å². The lowest BCUT2D eigenvalue weighted by atomic mass is 9.92. The molecule has 440 valence electrons. The second-order valence-electron chi connectivity index (χ2n) is 25.3. The number of cyclic esters (lactones) is 2. The zero-order chi connectivity index (χ0) is 59.3. The minimum Gasteiger partial charge on any atom is -0.458 e. The van der Waals surface area contributed by atoms with Crippen LogP contribution < -0.4 is 0 Å². The van der Waals surface area contributed by atoms with Crippen molar-refractivity contribution in [3.8, 4) is 0 Å². The zero-order valence-corrected chi connectivity index (χ0v) is 51.3. The molecule has 1 N–H and O–H groups in total. The normalized spacial score (nSPS) is 23.1. The van der Waals surface area contributed by atoms with Crippen molar-refractivity contribution in [1.29, 1.82) is 0 Å². The minimum absolute atomic E-state index is 0.0873. The highest BCUT2D eigenvalue weighted by molar-refractivity contribution is 6.77. The molecule has 4 rings (SSSR count). The molecule has 0 spiro atoms. The van der Waals surface area contributed by atoms with Gasteiger partial charge in [-0.3, -0.25) is 0 Å². The van der Waals surface area contributed by atoms with Crippen LogP contribution in [0.5, 0.6) is 0 Å². The Kier molecular flexibility index (Phi) is 24.4. The number of ether oxygens (including phenoxy) is 8. The van der Waals surface area contributed by atoms with E-state index >= 15 is 0 Å². The van der Waals surface area contributed by atoms with Gasteiger partial charge in [0.2, 0.25) is 8.32 Å². The van der Waals surface area contributed by atoms with Gasteiger partial charge in [-0.15, -0.1) is 0 Å². The van der Waals surface area contributed by atoms with Crippen LogP contribution in [-0.2, 0) is 64.8 Å². The van der Waals surface area contributed by atoms with Gasteiger partial charge in [-0.2, -0.15) is 9.80 Å². The second-order valence-corrected chi connectivity index (χ2v) is 30.7. The first kappa shape index (κ1) is 67.2. The summed E-state index contributed by atoms with van der Waals surface area (Å²) in [5.41, 5.74) is -0.682. The van der Waals surface area contributed by atoms with Gasteiger partial charge in [-0.25, -0.2) is 28.8 Å². The number of nitrogens with zero attached hydrogens (tertiary/aromatic N) is 2. The van der Waals surface area contributed by atoms with E-state index in [4.69, 9.17) is 42.3 Å². The highest BCUT2D eigenvalue weighted by atomic mass is 28.4. The maximum atomic E-state index is 13.9. The smallest absolute Gasteiger partial charge is 0.420 e. The predicted molar refractivity (Wildman–Crippen MR) is 298 cm³/mol. The summed E-state index contributed by atoms with van der Waals surface area (Å²) in [4.78, 5) is 80.9. The standard InChI is InChI=1S/C34H57NO8Si.C25H37NO8/c1-22(2)44(23(3)4,24(5)6)43-29-25(7)40-30(36)28(21-39-20-27(29)19-26-17-15-14-16-18-26)35(31(37)41-33(8,9)10)32(38)42-34(11,12)13;1-16-20(27)18(13-17-11-9-8-10-12-17)14-31-15-19(21(28)32-16)26(22(29)33-24(2,3)4)23(30)34-25(5,6)7/h14-18,22-25,27-29H,19-21H2,1-13H3;8-12,16,18-20,27H,13-15H2,1-7H3/t25-,27-,28-,29-;16-,18-,19-,20-/m00/s1. The summed E-state index contributed by atoms with van der Waals surface area (Å²) >= 11 is 0. The highest BCUT2D eigenvalue weighted by Gasteiger charge is 2.51. The Morgan fingerprint density at radius 3 is 1.15 bits per heavy atom. The van der Waals surface area contributed by atoms with E-state index in [0.717, 1.165) is 11.1 Å². The number of hydrogen-bond donors (Lipinski definition) is 1. The SMILES string of the molecule is CC(C)[Si](O[C@@H]1[C@@H](Cc2ccccc2)COC[C@H](N(C(=O)OC(C)(C)C)C(=O)OC(C)(C)C)C(=O)O[C@H]1C)(C(C)C)C(C)C.C[C@@H]1OC(=O)[C@@H](N(C(=O)OC(C)(C)C)C(=O)OC(C)(C)C)COC[C@H](Cc2ccccc2)[C@H]1O. The zero-order valence-electron chi connectivity index (χ0n) is 50.3. The van der Waals surface area contributed by atoms with Crippen LogP contribution in [0.4, 0.5) is 19.2 Å². The fourth-order valence-corrected chi connectivity index (χ4v) is 15.4. The third-order valence-corrected chi connectivity index (χ3v) is 19.1. The first-order valence-electron chi connectivity index (χ1n) is 27.4. The second kappa shape index (κ2) is 28.4. The Hall–Kier alpha value is -5.08. The number of amides is 4. The molecule has 18 nitrogen and oxygen atoms in total. The summed E-state index contributed by atoms with van der Waals surface area (Å²) in [6.45, 7) is 36.4. The summed E-state index contributed by atoms with van der Waals surface area (Å²) in [5, 5.41) is 10.8. The molecule has 2 aromatic carbocycles. The molecule has 2 aliphatic rings. The van der Waals surface area contributed by atoms with E-state index in [0.29, 0.717) is 39.3 Å². The Morgan fingerprint density at radius 1 is 0.526 bits per heavy atom. The van der Waals surface area contributed by atoms with Crippen molar-refractivity contribution >= 4 is 44.6 Å². The Balaban J connectivity index is 0.000000424. The summed E-state index contributed by atoms with van der Waals surface area (Å²) in [7, 11) is -2.43. The molecule has 0 unspecified atom stereocenters. The van der Waals surface area contributed by atoms with Gasteiger partial charge >= 0.3 is 36.3 Å². The Labute approximate surface area is 465 Å². The molecule has 2 aliphatic heterocycles. The molecule has 2 fully saturated rings. The van der Waals surface area contributed by atoms with Crippen LogP contribution in [0, 0.1) is 11.8 Å². The van der Waals surface area contributed by atoms with E-state index in [-0.39, 0.29) is 38.3 Å². The number of aliphatic hydroxyl groups is 1. The molecule has 78 heavy (non-hydrogen) atoms. The van der Waals surface area contributed by atoms with E-state index in [9.17, 15) is 33.9 Å². The lowest BCUT2D eigenvalue weighted by Crippen LogP contribution is -2.56. The summed E-state index contributed by atoms with van der Waals surface area (Å²) in [6, 6.07) is 16.8. The third kappa shape index (κ3) is 20.5. The molecule has 0 aromatic heterocycles. The van der Waals surface area contributed by atoms with Gasteiger partial charge in [-0.05, 0) is 138 Å². The topological polar surface area (TPSA) is 212 Å². The number of carbonyl (C=O) groups excluding carboxylic acids is 6. The number of benzene rings is 2. The maximum absolute atomic E-state index is 13.9. The van der Waals surface area contributed by atoms with E-state index < -0.39 is 104 Å². The number of carbonyl (C=O) groups is 6. The van der Waals surface area contributed by atoms with Gasteiger partial charge in [0.1, 0.15) is 34.6 Å². The number of esters is 2. The molecule has 0 radical (unpaired) electrons. The van der Waals surface area contributed by atoms with Crippen LogP contribution in [0.2, 0.25) is 16.6 Å². The van der Waals surface area contributed by atoms with Crippen LogP contribution in [-0.4, -0.2) is 145 Å². The molecule has 2 heterocycles. The minimum atomic E-state index is -2.43. The molecule has 2 aromatic rings. The summed E-state index contributed by atoms with van der Waals surface area (Å²) < 4.78 is 52.7. The van der Waals surface area contributed by atoms with E-state index in [1.54, 1.807) is 90.0 Å². The fraction of sp³-hybridized carbons (Fsp3) is 0.695. The van der Waals surface area contributed by atoms with Gasteiger partial charge in [0, 0.05) is 11.8 Å². The number of imide groups is 2. The molecule has 2 saturated heterocycles. The molecule has 0 aliphatic carbocycles. The van der Waals surface area contributed by atoms with Crippen LogP contribution in [0.3, 0.4) is 0 Å². The number of rotatable bonds is 11. The summed E-state index contributed by atoms with van der Waals surface area (Å²) in [5.74, 6) is -2.23. The average Bonchev–Trinajstić information content (AvgIpc) is 3.35. The van der Waals surface area contributed by atoms with Gasteiger partial charge < -0.3 is 47.4 Å². The highest BCUT2D eigenvalue weighted by Crippen LogP contribution is 2.45. The average molecular weight is 1120 g/mol. The molecule has 19 heteroatoms. The monoisotopic (exact) mass is 1110 g/mol. The van der Waals surface area contributed by atoms with Gasteiger partial charge in [0.05, 0.1) is 38.6 Å². The van der Waals surface area contributed by atoms with E-state index in [2.05, 4.69) is 53.7 Å². The van der Waals surface area contributed by atoms with Gasteiger partial charge in [-0.1, -0.05) is 102 Å². The molecular formula is C59H94N2O16Si.